The molecule has 4 heteroatoms. The minimum Gasteiger partial charge on any atom is -0.358 e. The fourth-order valence-corrected chi connectivity index (χ4v) is 1.63. The summed E-state index contributed by atoms with van der Waals surface area (Å²) in [5.41, 5.74) is 0. The number of nitrogens with zero attached hydrogens (tertiary/aromatic N) is 3. The van der Waals surface area contributed by atoms with Crippen LogP contribution in [0, 0.1) is 0 Å². The molecular weight excluding hydrogens is 242 g/mol. The van der Waals surface area contributed by atoms with E-state index in [2.05, 4.69) is 38.1 Å². The maximum absolute atomic E-state index is 4.04. The van der Waals surface area contributed by atoms with Crippen molar-refractivity contribution in [3.63, 3.8) is 0 Å². The van der Waals surface area contributed by atoms with Gasteiger partial charge < -0.3 is 4.90 Å². The van der Waals surface area contributed by atoms with Gasteiger partial charge in [-0.15, -0.1) is 5.10 Å². The van der Waals surface area contributed by atoms with E-state index in [9.17, 15) is 0 Å². The normalized spacial score (nSPS) is 10.1. The number of aromatic nitrogens is 2. The molecule has 1 rings (SSSR count). The smallest absolute Gasteiger partial charge is 0.150 e. The van der Waals surface area contributed by atoms with Gasteiger partial charge in [0.25, 0.3) is 0 Å². The Bertz CT molecular complexity index is 240. The quantitative estimate of drug-likeness (QED) is 0.579. The molecule has 1 aromatic heterocycles. The van der Waals surface area contributed by atoms with E-state index in [4.69, 9.17) is 0 Å². The van der Waals surface area contributed by atoms with Crippen molar-refractivity contribution in [2.45, 2.75) is 19.3 Å². The van der Waals surface area contributed by atoms with E-state index in [1.54, 1.807) is 6.20 Å². The summed E-state index contributed by atoms with van der Waals surface area (Å²) in [5.74, 6) is 0.950. The van der Waals surface area contributed by atoms with Crippen LogP contribution in [0.2, 0.25) is 0 Å². The Morgan fingerprint density at radius 1 is 1.36 bits per heavy atom. The lowest BCUT2D eigenvalue weighted by atomic mass is 10.2. The third-order valence-electron chi connectivity index (χ3n) is 2.08. The Morgan fingerprint density at radius 3 is 2.86 bits per heavy atom. The highest BCUT2D eigenvalue weighted by molar-refractivity contribution is 9.09. The fraction of sp³-hybridized carbons (Fsp3) is 0.600. The molecule has 0 aliphatic carbocycles. The molecule has 0 aliphatic heterocycles. The molecule has 0 bridgehead atoms. The zero-order chi connectivity index (χ0) is 10.2. The van der Waals surface area contributed by atoms with E-state index in [1.165, 1.54) is 19.3 Å². The van der Waals surface area contributed by atoms with Gasteiger partial charge in [0.2, 0.25) is 0 Å². The molecule has 0 saturated heterocycles. The molecule has 1 aromatic rings. The predicted molar refractivity (Wildman–Crippen MR) is 62.9 cm³/mol. The Morgan fingerprint density at radius 2 is 2.21 bits per heavy atom. The zero-order valence-corrected chi connectivity index (χ0v) is 10.1. The van der Waals surface area contributed by atoms with E-state index in [-0.39, 0.29) is 0 Å². The summed E-state index contributed by atoms with van der Waals surface area (Å²) in [7, 11) is 2.05. The number of anilines is 1. The van der Waals surface area contributed by atoms with Crippen LogP contribution in [0.4, 0.5) is 5.82 Å². The Kier molecular flexibility index (Phi) is 5.52. The number of hydrogen-bond acceptors (Lipinski definition) is 3. The number of unbranched alkanes of at least 4 members (excludes halogenated alkanes) is 2. The summed E-state index contributed by atoms with van der Waals surface area (Å²) >= 11 is 3.43. The standard InChI is InChI=1S/C10H16BrN3/c1-14(9-4-2-3-7-11)10-6-5-8-12-13-10/h5-6,8H,2-4,7,9H2,1H3. The maximum atomic E-state index is 4.04. The minimum absolute atomic E-state index is 0.950. The van der Waals surface area contributed by atoms with Gasteiger partial charge in [0, 0.05) is 25.1 Å². The number of halogens is 1. The summed E-state index contributed by atoms with van der Waals surface area (Å²) in [6.45, 7) is 1.05. The van der Waals surface area contributed by atoms with Crippen LogP contribution in [-0.2, 0) is 0 Å². The molecule has 78 valence electrons. The van der Waals surface area contributed by atoms with Gasteiger partial charge in [0.1, 0.15) is 0 Å². The molecule has 0 saturated carbocycles. The van der Waals surface area contributed by atoms with Crippen molar-refractivity contribution >= 4 is 21.7 Å². The van der Waals surface area contributed by atoms with Crippen LogP contribution in [0.1, 0.15) is 19.3 Å². The van der Waals surface area contributed by atoms with Gasteiger partial charge in [-0.3, -0.25) is 0 Å². The summed E-state index contributed by atoms with van der Waals surface area (Å²) in [5, 5.41) is 8.99. The van der Waals surface area contributed by atoms with Gasteiger partial charge in [-0.25, -0.2) is 0 Å². The van der Waals surface area contributed by atoms with E-state index in [1.807, 2.05) is 12.1 Å². The van der Waals surface area contributed by atoms with Crippen molar-refractivity contribution < 1.29 is 0 Å². The average Bonchev–Trinajstić information content (AvgIpc) is 2.25. The van der Waals surface area contributed by atoms with E-state index >= 15 is 0 Å². The maximum Gasteiger partial charge on any atom is 0.150 e. The summed E-state index contributed by atoms with van der Waals surface area (Å²) < 4.78 is 0. The number of rotatable bonds is 6. The topological polar surface area (TPSA) is 29.0 Å². The molecule has 0 N–H and O–H groups in total. The average molecular weight is 258 g/mol. The Balaban J connectivity index is 2.25. The largest absolute Gasteiger partial charge is 0.358 e. The lowest BCUT2D eigenvalue weighted by Gasteiger charge is -2.16. The van der Waals surface area contributed by atoms with Gasteiger partial charge in [0.15, 0.2) is 5.82 Å². The van der Waals surface area contributed by atoms with Gasteiger partial charge in [-0.05, 0) is 25.0 Å². The lowest BCUT2D eigenvalue weighted by molar-refractivity contribution is 0.704. The minimum atomic E-state index is 0.950. The van der Waals surface area contributed by atoms with Crippen LogP contribution in [-0.4, -0.2) is 29.1 Å². The second-order valence-electron chi connectivity index (χ2n) is 3.25. The van der Waals surface area contributed by atoms with Gasteiger partial charge >= 0.3 is 0 Å². The van der Waals surface area contributed by atoms with Gasteiger partial charge in [-0.1, -0.05) is 22.4 Å². The van der Waals surface area contributed by atoms with E-state index in [0.29, 0.717) is 0 Å². The third kappa shape index (κ3) is 4.05. The van der Waals surface area contributed by atoms with Crippen LogP contribution in [0.5, 0.6) is 0 Å². The molecule has 0 aromatic carbocycles. The number of alkyl halides is 1. The number of hydrogen-bond donors (Lipinski definition) is 0. The second-order valence-corrected chi connectivity index (χ2v) is 4.05. The first-order valence-electron chi connectivity index (χ1n) is 4.89. The second kappa shape index (κ2) is 6.76. The van der Waals surface area contributed by atoms with Crippen LogP contribution < -0.4 is 4.90 Å². The van der Waals surface area contributed by atoms with Gasteiger partial charge in [0.05, 0.1) is 0 Å². The molecule has 14 heavy (non-hydrogen) atoms. The van der Waals surface area contributed by atoms with Crippen LogP contribution >= 0.6 is 15.9 Å². The molecule has 3 nitrogen and oxygen atoms in total. The van der Waals surface area contributed by atoms with Crippen LogP contribution in [0.3, 0.4) is 0 Å². The third-order valence-corrected chi connectivity index (χ3v) is 2.64. The molecule has 0 atom stereocenters. The molecule has 1 heterocycles. The van der Waals surface area contributed by atoms with E-state index in [0.717, 1.165) is 17.7 Å². The van der Waals surface area contributed by atoms with Crippen molar-refractivity contribution in [3.8, 4) is 0 Å². The Labute approximate surface area is 93.7 Å². The van der Waals surface area contributed by atoms with Crippen LogP contribution in [0.15, 0.2) is 18.3 Å². The predicted octanol–water partition coefficient (Wildman–Crippen LogP) is 2.48. The molecule has 0 fully saturated rings. The van der Waals surface area contributed by atoms with Crippen molar-refractivity contribution in [2.24, 2.45) is 0 Å². The highest BCUT2D eigenvalue weighted by atomic mass is 79.9. The summed E-state index contributed by atoms with van der Waals surface area (Å²) in [6, 6.07) is 3.90. The summed E-state index contributed by atoms with van der Waals surface area (Å²) in [4.78, 5) is 2.14. The van der Waals surface area contributed by atoms with E-state index < -0.39 is 0 Å². The highest BCUT2D eigenvalue weighted by Gasteiger charge is 2.00. The monoisotopic (exact) mass is 257 g/mol. The lowest BCUT2D eigenvalue weighted by Crippen LogP contribution is -2.19. The first-order valence-corrected chi connectivity index (χ1v) is 6.01. The molecule has 0 radical (unpaired) electrons. The van der Waals surface area contributed by atoms with Crippen molar-refractivity contribution in [3.05, 3.63) is 18.3 Å². The molecular formula is C10H16BrN3. The molecule has 0 aliphatic rings. The van der Waals surface area contributed by atoms with Crippen molar-refractivity contribution in [2.75, 3.05) is 23.8 Å². The SMILES string of the molecule is CN(CCCCCBr)c1cccnn1. The molecule has 0 spiro atoms. The van der Waals surface area contributed by atoms with Crippen molar-refractivity contribution in [1.82, 2.24) is 10.2 Å². The van der Waals surface area contributed by atoms with Crippen LogP contribution in [0.25, 0.3) is 0 Å². The molecule has 0 unspecified atom stereocenters. The Hall–Kier alpha value is -0.640. The zero-order valence-electron chi connectivity index (χ0n) is 8.49. The first kappa shape index (κ1) is 11.4. The van der Waals surface area contributed by atoms with Gasteiger partial charge in [-0.2, -0.15) is 5.10 Å². The molecule has 0 amide bonds. The van der Waals surface area contributed by atoms with Crippen molar-refractivity contribution in [1.29, 1.82) is 0 Å². The highest BCUT2D eigenvalue weighted by Crippen LogP contribution is 2.07. The fourth-order valence-electron chi connectivity index (χ4n) is 1.23. The first-order chi connectivity index (χ1) is 6.84. The summed E-state index contributed by atoms with van der Waals surface area (Å²) in [6.07, 6.45) is 5.41.